The van der Waals surface area contributed by atoms with E-state index in [1.54, 1.807) is 24.5 Å². The Morgan fingerprint density at radius 2 is 2.05 bits per heavy atom. The van der Waals surface area contributed by atoms with Crippen LogP contribution >= 0.6 is 0 Å². The third-order valence-corrected chi connectivity index (χ3v) is 4.41. The average Bonchev–Trinajstić information content (AvgIpc) is 2.46. The third-order valence-electron chi connectivity index (χ3n) is 3.11. The molecule has 2 N–H and O–H groups in total. The first kappa shape index (κ1) is 15.8. The number of nitrogens with one attached hydrogen (secondary N) is 2. The topological polar surface area (TPSA) is 76.7 Å². The van der Waals surface area contributed by atoms with E-state index >= 15 is 0 Å². The fourth-order valence-electron chi connectivity index (χ4n) is 1.83. The number of fused-ring (bicyclic) bond motifs is 1. The molecule has 1 amide bonds. The average molecular weight is 312 g/mol. The first-order valence-electron chi connectivity index (χ1n) is 6.78. The van der Waals surface area contributed by atoms with E-state index in [-0.39, 0.29) is 17.7 Å². The van der Waals surface area contributed by atoms with Crippen LogP contribution in [0.15, 0.2) is 18.2 Å². The second-order valence-corrected chi connectivity index (χ2v) is 6.65. The Labute approximate surface area is 126 Å². The minimum Gasteiger partial charge on any atom is -0.486 e. The van der Waals surface area contributed by atoms with Crippen molar-refractivity contribution in [1.29, 1.82) is 0 Å². The van der Waals surface area contributed by atoms with Gasteiger partial charge in [0, 0.05) is 40.6 Å². The number of ether oxygens (including phenoxy) is 2. The number of carbonyl (C=O) groups is 1. The van der Waals surface area contributed by atoms with Gasteiger partial charge in [0.05, 0.1) is 6.54 Å². The van der Waals surface area contributed by atoms with E-state index < -0.39 is 10.8 Å². The summed E-state index contributed by atoms with van der Waals surface area (Å²) >= 11 is 0. The summed E-state index contributed by atoms with van der Waals surface area (Å²) in [4.78, 5) is 11.8. The molecule has 1 heterocycles. The maximum absolute atomic E-state index is 11.8. The first-order chi connectivity index (χ1) is 10.1. The van der Waals surface area contributed by atoms with Crippen molar-refractivity contribution in [3.63, 3.8) is 0 Å². The summed E-state index contributed by atoms with van der Waals surface area (Å²) in [5, 5.41) is 5.79. The third kappa shape index (κ3) is 4.71. The summed E-state index contributed by atoms with van der Waals surface area (Å²) in [7, 11) is -0.889. The molecule has 0 radical (unpaired) electrons. The highest BCUT2D eigenvalue weighted by molar-refractivity contribution is 7.84. The largest absolute Gasteiger partial charge is 0.486 e. The summed E-state index contributed by atoms with van der Waals surface area (Å²) in [6, 6.07) is 5.30. The maximum atomic E-state index is 11.8. The van der Waals surface area contributed by atoms with Gasteiger partial charge in [0.15, 0.2) is 11.5 Å². The molecule has 0 saturated heterocycles. The van der Waals surface area contributed by atoms with Crippen LogP contribution in [0, 0.1) is 0 Å². The van der Waals surface area contributed by atoms with E-state index in [1.807, 2.05) is 6.92 Å². The van der Waals surface area contributed by atoms with Gasteiger partial charge in [0.25, 0.3) is 0 Å². The number of rotatable bonds is 6. The van der Waals surface area contributed by atoms with E-state index in [0.717, 1.165) is 0 Å². The van der Waals surface area contributed by atoms with Crippen LogP contribution in [0.1, 0.15) is 6.92 Å². The van der Waals surface area contributed by atoms with Crippen LogP contribution < -0.4 is 20.1 Å². The Balaban J connectivity index is 1.81. The Morgan fingerprint density at radius 1 is 1.33 bits per heavy atom. The summed E-state index contributed by atoms with van der Waals surface area (Å²) in [6.45, 7) is 3.65. The van der Waals surface area contributed by atoms with Gasteiger partial charge in [-0.25, -0.2) is 0 Å². The van der Waals surface area contributed by atoms with Crippen LogP contribution in [0.25, 0.3) is 0 Å². The summed E-state index contributed by atoms with van der Waals surface area (Å²) < 4.78 is 22.1. The Morgan fingerprint density at radius 3 is 2.76 bits per heavy atom. The van der Waals surface area contributed by atoms with Gasteiger partial charge in [-0.1, -0.05) is 0 Å². The van der Waals surface area contributed by atoms with Gasteiger partial charge in [0.1, 0.15) is 13.2 Å². The molecule has 0 saturated carbocycles. The van der Waals surface area contributed by atoms with Crippen molar-refractivity contribution in [3.8, 4) is 11.5 Å². The highest BCUT2D eigenvalue weighted by Gasteiger charge is 2.13. The first-order valence-corrected chi connectivity index (χ1v) is 8.41. The predicted octanol–water partition coefficient (Wildman–Crippen LogP) is 0.753. The summed E-state index contributed by atoms with van der Waals surface area (Å²) in [6.07, 6.45) is 1.65. The molecule has 7 heteroatoms. The molecular weight excluding hydrogens is 292 g/mol. The van der Waals surface area contributed by atoms with Crippen molar-refractivity contribution in [2.75, 3.05) is 37.9 Å². The molecule has 1 aliphatic heterocycles. The lowest BCUT2D eigenvalue weighted by atomic mass is 10.2. The lowest BCUT2D eigenvalue weighted by Gasteiger charge is -2.19. The minimum absolute atomic E-state index is 0.0205. The highest BCUT2D eigenvalue weighted by atomic mass is 32.2. The van der Waals surface area contributed by atoms with E-state index in [9.17, 15) is 9.00 Å². The van der Waals surface area contributed by atoms with Gasteiger partial charge >= 0.3 is 0 Å². The molecule has 1 aliphatic rings. The van der Waals surface area contributed by atoms with Gasteiger partial charge in [-0.2, -0.15) is 0 Å². The number of hydrogen-bond donors (Lipinski definition) is 2. The van der Waals surface area contributed by atoms with Crippen molar-refractivity contribution in [2.45, 2.75) is 12.2 Å². The van der Waals surface area contributed by atoms with Crippen LogP contribution in [0.2, 0.25) is 0 Å². The van der Waals surface area contributed by atoms with E-state index in [2.05, 4.69) is 10.6 Å². The van der Waals surface area contributed by atoms with E-state index in [1.165, 1.54) is 0 Å². The van der Waals surface area contributed by atoms with Crippen LogP contribution in [-0.4, -0.2) is 47.9 Å². The SMILES string of the molecule is CC(CNCC(=O)Nc1ccc2c(c1)OCCO2)S(C)=O. The second kappa shape index (κ2) is 7.42. The normalized spacial score (nSPS) is 16.1. The molecule has 0 fully saturated rings. The number of amides is 1. The van der Waals surface area contributed by atoms with E-state index in [0.29, 0.717) is 36.9 Å². The molecule has 2 unspecified atom stereocenters. The van der Waals surface area contributed by atoms with Crippen molar-refractivity contribution in [1.82, 2.24) is 5.32 Å². The molecule has 0 aromatic heterocycles. The number of carbonyl (C=O) groups excluding carboxylic acids is 1. The Kier molecular flexibility index (Phi) is 5.58. The zero-order valence-corrected chi connectivity index (χ0v) is 13.0. The summed E-state index contributed by atoms with van der Waals surface area (Å²) in [5.74, 6) is 1.18. The second-order valence-electron chi connectivity index (χ2n) is 4.85. The van der Waals surface area contributed by atoms with Gasteiger partial charge in [-0.05, 0) is 19.1 Å². The number of benzene rings is 1. The smallest absolute Gasteiger partial charge is 0.238 e. The van der Waals surface area contributed by atoms with Gasteiger partial charge in [0.2, 0.25) is 5.91 Å². The Bertz CT molecular complexity index is 536. The molecular formula is C14H20N2O4S. The Hall–Kier alpha value is -1.60. The fraction of sp³-hybridized carbons (Fsp3) is 0.500. The molecule has 1 aromatic carbocycles. The molecule has 0 bridgehead atoms. The molecule has 1 aromatic rings. The lowest BCUT2D eigenvalue weighted by molar-refractivity contribution is -0.115. The number of hydrogen-bond acceptors (Lipinski definition) is 5. The predicted molar refractivity (Wildman–Crippen MR) is 82.5 cm³/mol. The lowest BCUT2D eigenvalue weighted by Crippen LogP contribution is -2.34. The van der Waals surface area contributed by atoms with E-state index in [4.69, 9.17) is 9.47 Å². The van der Waals surface area contributed by atoms with Crippen molar-refractivity contribution < 1.29 is 18.5 Å². The summed E-state index contributed by atoms with van der Waals surface area (Å²) in [5.41, 5.74) is 0.665. The van der Waals surface area contributed by atoms with Crippen LogP contribution in [0.5, 0.6) is 11.5 Å². The molecule has 2 atom stereocenters. The molecule has 21 heavy (non-hydrogen) atoms. The van der Waals surface area contributed by atoms with Gasteiger partial charge in [-0.15, -0.1) is 0 Å². The number of anilines is 1. The molecule has 116 valence electrons. The highest BCUT2D eigenvalue weighted by Crippen LogP contribution is 2.32. The molecule has 2 rings (SSSR count). The fourth-order valence-corrected chi connectivity index (χ4v) is 2.19. The monoisotopic (exact) mass is 312 g/mol. The standard InChI is InChI=1S/C14H20N2O4S/c1-10(21(2)18)8-15-9-14(17)16-11-3-4-12-13(7-11)20-6-5-19-12/h3-4,7,10,15H,5-6,8-9H2,1-2H3,(H,16,17). The van der Waals surface area contributed by atoms with Gasteiger partial charge < -0.3 is 20.1 Å². The van der Waals surface area contributed by atoms with Crippen molar-refractivity contribution in [2.24, 2.45) is 0 Å². The van der Waals surface area contributed by atoms with Crippen molar-refractivity contribution >= 4 is 22.4 Å². The quantitative estimate of drug-likeness (QED) is 0.811. The molecule has 0 aliphatic carbocycles. The van der Waals surface area contributed by atoms with Gasteiger partial charge in [-0.3, -0.25) is 9.00 Å². The molecule has 0 spiro atoms. The maximum Gasteiger partial charge on any atom is 0.238 e. The zero-order valence-electron chi connectivity index (χ0n) is 12.2. The zero-order chi connectivity index (χ0) is 15.2. The van der Waals surface area contributed by atoms with Crippen LogP contribution in [0.4, 0.5) is 5.69 Å². The minimum atomic E-state index is -0.889. The van der Waals surface area contributed by atoms with Crippen LogP contribution in [0.3, 0.4) is 0 Å². The van der Waals surface area contributed by atoms with Crippen LogP contribution in [-0.2, 0) is 15.6 Å². The van der Waals surface area contributed by atoms with Crippen molar-refractivity contribution in [3.05, 3.63) is 18.2 Å². The molecule has 6 nitrogen and oxygen atoms in total.